The van der Waals surface area contributed by atoms with E-state index in [9.17, 15) is 14.7 Å². The third-order valence-electron chi connectivity index (χ3n) is 3.73. The molecular formula is C16H21NO4. The number of nitrogens with one attached hydrogen (secondary N) is 1. The summed E-state index contributed by atoms with van der Waals surface area (Å²) in [5, 5.41) is 11.9. The van der Waals surface area contributed by atoms with Gasteiger partial charge in [-0.3, -0.25) is 4.79 Å². The number of benzene rings is 1. The van der Waals surface area contributed by atoms with Gasteiger partial charge in [-0.2, -0.15) is 0 Å². The number of carbonyl (C=O) groups is 2. The highest BCUT2D eigenvalue weighted by Crippen LogP contribution is 2.18. The number of ether oxygens (including phenoxy) is 1. The Morgan fingerprint density at radius 3 is 2.71 bits per heavy atom. The van der Waals surface area contributed by atoms with E-state index in [4.69, 9.17) is 4.74 Å². The minimum atomic E-state index is -0.987. The lowest BCUT2D eigenvalue weighted by molar-refractivity contribution is -0.145. The van der Waals surface area contributed by atoms with Gasteiger partial charge in [0.05, 0.1) is 6.61 Å². The van der Waals surface area contributed by atoms with Crippen LogP contribution < -0.4 is 5.32 Å². The Labute approximate surface area is 124 Å². The van der Waals surface area contributed by atoms with Gasteiger partial charge in [0.25, 0.3) is 0 Å². The molecule has 21 heavy (non-hydrogen) atoms. The Balaban J connectivity index is 1.84. The van der Waals surface area contributed by atoms with E-state index in [1.54, 1.807) is 0 Å². The molecule has 2 unspecified atom stereocenters. The fraction of sp³-hybridized carbons (Fsp3) is 0.500. The predicted molar refractivity (Wildman–Crippen MR) is 77.9 cm³/mol. The molecule has 1 saturated heterocycles. The zero-order valence-corrected chi connectivity index (χ0v) is 12.0. The first kappa shape index (κ1) is 15.5. The lowest BCUT2D eigenvalue weighted by Crippen LogP contribution is -2.48. The maximum atomic E-state index is 12.0. The summed E-state index contributed by atoms with van der Waals surface area (Å²) >= 11 is 0. The first-order chi connectivity index (χ1) is 10.2. The van der Waals surface area contributed by atoms with Gasteiger partial charge in [0, 0.05) is 18.9 Å². The summed E-state index contributed by atoms with van der Waals surface area (Å²) in [6, 6.07) is 8.83. The van der Waals surface area contributed by atoms with E-state index in [2.05, 4.69) is 5.32 Å². The van der Waals surface area contributed by atoms with Crippen LogP contribution in [0.4, 0.5) is 0 Å². The normalized spacial score (nSPS) is 19.7. The largest absolute Gasteiger partial charge is 0.480 e. The van der Waals surface area contributed by atoms with Crippen molar-refractivity contribution in [2.45, 2.75) is 31.7 Å². The molecule has 2 atom stereocenters. The van der Waals surface area contributed by atoms with Crippen LogP contribution in [0.5, 0.6) is 0 Å². The van der Waals surface area contributed by atoms with E-state index in [0.29, 0.717) is 26.1 Å². The van der Waals surface area contributed by atoms with Crippen LogP contribution in [0.25, 0.3) is 0 Å². The second-order valence-corrected chi connectivity index (χ2v) is 5.35. The molecule has 1 aliphatic heterocycles. The molecule has 1 heterocycles. The fourth-order valence-corrected chi connectivity index (χ4v) is 2.56. The van der Waals surface area contributed by atoms with E-state index < -0.39 is 12.0 Å². The van der Waals surface area contributed by atoms with Crippen molar-refractivity contribution in [3.05, 3.63) is 35.9 Å². The van der Waals surface area contributed by atoms with Crippen LogP contribution in [-0.2, 0) is 20.7 Å². The van der Waals surface area contributed by atoms with Crippen molar-refractivity contribution >= 4 is 11.9 Å². The molecule has 5 heteroatoms. The second-order valence-electron chi connectivity index (χ2n) is 5.35. The molecule has 1 aromatic rings. The average molecular weight is 291 g/mol. The number of carboxylic acid groups (broad SMARTS) is 1. The number of hydrogen-bond donors (Lipinski definition) is 2. The third kappa shape index (κ3) is 4.86. The summed E-state index contributed by atoms with van der Waals surface area (Å²) in [5.74, 6) is -1.35. The van der Waals surface area contributed by atoms with Crippen molar-refractivity contribution in [3.8, 4) is 0 Å². The van der Waals surface area contributed by atoms with E-state index in [1.807, 2.05) is 30.3 Å². The van der Waals surface area contributed by atoms with Gasteiger partial charge < -0.3 is 15.2 Å². The van der Waals surface area contributed by atoms with Gasteiger partial charge in [-0.1, -0.05) is 30.3 Å². The van der Waals surface area contributed by atoms with Gasteiger partial charge in [-0.05, 0) is 24.8 Å². The topological polar surface area (TPSA) is 75.6 Å². The van der Waals surface area contributed by atoms with Gasteiger partial charge in [-0.25, -0.2) is 4.79 Å². The van der Waals surface area contributed by atoms with Crippen LogP contribution >= 0.6 is 0 Å². The van der Waals surface area contributed by atoms with Crippen molar-refractivity contribution in [3.63, 3.8) is 0 Å². The molecular weight excluding hydrogens is 270 g/mol. The highest BCUT2D eigenvalue weighted by Gasteiger charge is 2.31. The average Bonchev–Trinajstić information content (AvgIpc) is 2.52. The lowest BCUT2D eigenvalue weighted by Gasteiger charge is -2.28. The predicted octanol–water partition coefficient (Wildman–Crippen LogP) is 1.62. The number of aryl methyl sites for hydroxylation is 1. The first-order valence-electron chi connectivity index (χ1n) is 7.30. The summed E-state index contributed by atoms with van der Waals surface area (Å²) in [4.78, 5) is 23.3. The SMILES string of the molecule is O=C(CCc1ccccc1)NC(C(=O)O)C1CCCOC1. The molecule has 114 valence electrons. The zero-order valence-electron chi connectivity index (χ0n) is 12.0. The Bertz CT molecular complexity index is 468. The summed E-state index contributed by atoms with van der Waals surface area (Å²) in [7, 11) is 0. The van der Waals surface area contributed by atoms with Gasteiger partial charge in [-0.15, -0.1) is 0 Å². The number of carbonyl (C=O) groups excluding carboxylic acids is 1. The first-order valence-corrected chi connectivity index (χ1v) is 7.30. The van der Waals surface area contributed by atoms with Crippen LogP contribution in [-0.4, -0.2) is 36.2 Å². The molecule has 0 radical (unpaired) electrons. The number of rotatable bonds is 6. The van der Waals surface area contributed by atoms with E-state index in [0.717, 1.165) is 18.4 Å². The minimum absolute atomic E-state index is 0.142. The van der Waals surface area contributed by atoms with Gasteiger partial charge in [0.15, 0.2) is 0 Å². The van der Waals surface area contributed by atoms with Gasteiger partial charge >= 0.3 is 5.97 Å². The molecule has 2 rings (SSSR count). The molecule has 1 amide bonds. The van der Waals surface area contributed by atoms with Crippen LogP contribution in [0, 0.1) is 5.92 Å². The molecule has 0 bridgehead atoms. The smallest absolute Gasteiger partial charge is 0.326 e. The number of amides is 1. The van der Waals surface area contributed by atoms with Crippen molar-refractivity contribution in [1.82, 2.24) is 5.32 Å². The molecule has 0 saturated carbocycles. The molecule has 5 nitrogen and oxygen atoms in total. The molecule has 1 aromatic carbocycles. The number of carboxylic acids is 1. The highest BCUT2D eigenvalue weighted by molar-refractivity contribution is 5.83. The van der Waals surface area contributed by atoms with Crippen molar-refractivity contribution < 1.29 is 19.4 Å². The maximum Gasteiger partial charge on any atom is 0.326 e. The molecule has 2 N–H and O–H groups in total. The summed E-state index contributed by atoms with van der Waals surface area (Å²) in [6.07, 6.45) is 2.52. The molecule has 1 fully saturated rings. The third-order valence-corrected chi connectivity index (χ3v) is 3.73. The van der Waals surface area contributed by atoms with Crippen molar-refractivity contribution in [2.24, 2.45) is 5.92 Å². The van der Waals surface area contributed by atoms with E-state index in [1.165, 1.54) is 0 Å². The fourth-order valence-electron chi connectivity index (χ4n) is 2.56. The van der Waals surface area contributed by atoms with Gasteiger partial charge in [0.2, 0.25) is 5.91 Å². The summed E-state index contributed by atoms with van der Waals surface area (Å²) in [6.45, 7) is 1.07. The van der Waals surface area contributed by atoms with Crippen molar-refractivity contribution in [1.29, 1.82) is 0 Å². The number of aliphatic carboxylic acids is 1. The van der Waals surface area contributed by atoms with E-state index >= 15 is 0 Å². The Morgan fingerprint density at radius 1 is 1.33 bits per heavy atom. The molecule has 0 spiro atoms. The second kappa shape index (κ2) is 7.78. The summed E-state index contributed by atoms with van der Waals surface area (Å²) < 4.78 is 5.31. The van der Waals surface area contributed by atoms with Crippen LogP contribution in [0.2, 0.25) is 0 Å². The highest BCUT2D eigenvalue weighted by atomic mass is 16.5. The van der Waals surface area contributed by atoms with Crippen LogP contribution in [0.15, 0.2) is 30.3 Å². The quantitative estimate of drug-likeness (QED) is 0.835. The minimum Gasteiger partial charge on any atom is -0.480 e. The molecule has 0 aromatic heterocycles. The van der Waals surface area contributed by atoms with Crippen molar-refractivity contribution in [2.75, 3.05) is 13.2 Å². The maximum absolute atomic E-state index is 12.0. The Morgan fingerprint density at radius 2 is 2.10 bits per heavy atom. The number of hydrogen-bond acceptors (Lipinski definition) is 3. The van der Waals surface area contributed by atoms with Crippen LogP contribution in [0.3, 0.4) is 0 Å². The van der Waals surface area contributed by atoms with E-state index in [-0.39, 0.29) is 11.8 Å². The van der Waals surface area contributed by atoms with Gasteiger partial charge in [0.1, 0.15) is 6.04 Å². The molecule has 0 aliphatic carbocycles. The standard InChI is InChI=1S/C16H21NO4/c18-14(9-8-12-5-2-1-3-6-12)17-15(16(19)20)13-7-4-10-21-11-13/h1-3,5-6,13,15H,4,7-11H2,(H,17,18)(H,19,20). The molecule has 1 aliphatic rings. The van der Waals surface area contributed by atoms with Crippen LogP contribution in [0.1, 0.15) is 24.8 Å². The zero-order chi connectivity index (χ0) is 15.1. The monoisotopic (exact) mass is 291 g/mol. The Kier molecular flexibility index (Phi) is 5.75. The Hall–Kier alpha value is -1.88. The lowest BCUT2D eigenvalue weighted by atomic mass is 9.93. The summed E-state index contributed by atoms with van der Waals surface area (Å²) in [5.41, 5.74) is 1.07.